The molecule has 0 heterocycles. The van der Waals surface area contributed by atoms with Gasteiger partial charge in [-0.05, 0) is 32.5 Å². The van der Waals surface area contributed by atoms with Gasteiger partial charge < -0.3 is 4.53 Å². The van der Waals surface area contributed by atoms with E-state index in [2.05, 4.69) is 45.3 Å². The van der Waals surface area contributed by atoms with Gasteiger partial charge >= 0.3 is 0 Å². The second-order valence-electron chi connectivity index (χ2n) is 5.42. The second-order valence-corrected chi connectivity index (χ2v) is 9.83. The van der Waals surface area contributed by atoms with Crippen molar-refractivity contribution in [3.05, 3.63) is 12.7 Å². The molecular weight excluding hydrogens is 214 g/mol. The van der Waals surface area contributed by atoms with Gasteiger partial charge in [-0.1, -0.05) is 32.3 Å². The standard InChI is InChI=1S/C13H29NOSi/c1-7-9-10-12-13(11-8-2)14(3)15-16(4,5)6/h8,13H,2,7,9-12H2,1,3-6H3. The van der Waals surface area contributed by atoms with Crippen LogP contribution in [-0.2, 0) is 4.53 Å². The average Bonchev–Trinajstić information content (AvgIpc) is 2.14. The zero-order chi connectivity index (χ0) is 12.6. The van der Waals surface area contributed by atoms with E-state index in [0.717, 1.165) is 6.42 Å². The highest BCUT2D eigenvalue weighted by molar-refractivity contribution is 6.69. The van der Waals surface area contributed by atoms with Crippen LogP contribution >= 0.6 is 0 Å². The molecule has 0 aromatic carbocycles. The van der Waals surface area contributed by atoms with Crippen molar-refractivity contribution in [3.63, 3.8) is 0 Å². The first-order valence-corrected chi connectivity index (χ1v) is 9.84. The van der Waals surface area contributed by atoms with Crippen molar-refractivity contribution in [2.45, 2.75) is 64.7 Å². The Kier molecular flexibility index (Phi) is 7.98. The highest BCUT2D eigenvalue weighted by Crippen LogP contribution is 2.16. The summed E-state index contributed by atoms with van der Waals surface area (Å²) < 4.78 is 6.01. The molecule has 0 N–H and O–H groups in total. The van der Waals surface area contributed by atoms with Crippen LogP contribution < -0.4 is 0 Å². The first-order valence-electron chi connectivity index (χ1n) is 6.43. The van der Waals surface area contributed by atoms with Crippen LogP contribution in [0.15, 0.2) is 12.7 Å². The molecule has 0 rings (SSSR count). The van der Waals surface area contributed by atoms with Crippen LogP contribution in [0.25, 0.3) is 0 Å². The van der Waals surface area contributed by atoms with Gasteiger partial charge in [-0.25, -0.2) is 5.06 Å². The lowest BCUT2D eigenvalue weighted by Gasteiger charge is -2.32. The number of nitrogens with zero attached hydrogens (tertiary/aromatic N) is 1. The topological polar surface area (TPSA) is 12.5 Å². The van der Waals surface area contributed by atoms with Crippen LogP contribution in [0, 0.1) is 0 Å². The van der Waals surface area contributed by atoms with Crippen LogP contribution in [-0.4, -0.2) is 26.5 Å². The molecule has 16 heavy (non-hydrogen) atoms. The molecule has 0 saturated carbocycles. The SMILES string of the molecule is C=CCC(CCCCC)N(C)O[Si](C)(C)C. The van der Waals surface area contributed by atoms with Crippen molar-refractivity contribution >= 4 is 8.32 Å². The average molecular weight is 243 g/mol. The van der Waals surface area contributed by atoms with Gasteiger partial charge in [0.25, 0.3) is 0 Å². The summed E-state index contributed by atoms with van der Waals surface area (Å²) in [6, 6.07) is 0.496. The molecule has 0 fully saturated rings. The molecule has 2 nitrogen and oxygen atoms in total. The molecular formula is C13H29NOSi. The molecule has 0 radical (unpaired) electrons. The van der Waals surface area contributed by atoms with E-state index in [1.807, 2.05) is 6.08 Å². The molecule has 0 aromatic rings. The highest BCUT2D eigenvalue weighted by atomic mass is 28.4. The van der Waals surface area contributed by atoms with Crippen molar-refractivity contribution in [1.82, 2.24) is 5.06 Å². The maximum absolute atomic E-state index is 6.01. The minimum atomic E-state index is -1.47. The van der Waals surface area contributed by atoms with Crippen molar-refractivity contribution in [2.24, 2.45) is 0 Å². The van der Waals surface area contributed by atoms with E-state index in [0.29, 0.717) is 6.04 Å². The first-order chi connectivity index (χ1) is 7.40. The van der Waals surface area contributed by atoms with E-state index in [9.17, 15) is 0 Å². The third-order valence-electron chi connectivity index (χ3n) is 2.51. The molecule has 0 aliphatic rings. The fourth-order valence-corrected chi connectivity index (χ4v) is 2.79. The summed E-state index contributed by atoms with van der Waals surface area (Å²) in [5.74, 6) is 0. The predicted octanol–water partition coefficient (Wildman–Crippen LogP) is 4.21. The summed E-state index contributed by atoms with van der Waals surface area (Å²) in [4.78, 5) is 0. The van der Waals surface area contributed by atoms with Crippen molar-refractivity contribution < 1.29 is 4.53 Å². The fraction of sp³-hybridized carbons (Fsp3) is 0.846. The first kappa shape index (κ1) is 15.9. The minimum Gasteiger partial charge on any atom is -0.343 e. The quantitative estimate of drug-likeness (QED) is 0.260. The summed E-state index contributed by atoms with van der Waals surface area (Å²) in [6.07, 6.45) is 8.11. The van der Waals surface area contributed by atoms with Crippen LogP contribution in [0.3, 0.4) is 0 Å². The third kappa shape index (κ3) is 8.08. The summed E-state index contributed by atoms with van der Waals surface area (Å²) in [5, 5.41) is 2.07. The third-order valence-corrected chi connectivity index (χ3v) is 3.35. The molecule has 1 atom stereocenters. The predicted molar refractivity (Wildman–Crippen MR) is 74.9 cm³/mol. The van der Waals surface area contributed by atoms with E-state index in [4.69, 9.17) is 4.53 Å². The van der Waals surface area contributed by atoms with Crippen LogP contribution in [0.5, 0.6) is 0 Å². The minimum absolute atomic E-state index is 0.496. The molecule has 1 unspecified atom stereocenters. The molecule has 0 saturated heterocycles. The zero-order valence-corrected chi connectivity index (χ0v) is 12.8. The van der Waals surface area contributed by atoms with Crippen molar-refractivity contribution in [2.75, 3.05) is 7.05 Å². The van der Waals surface area contributed by atoms with Crippen molar-refractivity contribution in [1.29, 1.82) is 0 Å². The van der Waals surface area contributed by atoms with E-state index in [1.54, 1.807) is 0 Å². The number of rotatable bonds is 9. The molecule has 3 heteroatoms. The largest absolute Gasteiger partial charge is 0.343 e. The molecule has 0 amide bonds. The lowest BCUT2D eigenvalue weighted by molar-refractivity contribution is -0.0818. The van der Waals surface area contributed by atoms with Crippen molar-refractivity contribution in [3.8, 4) is 0 Å². The Balaban J connectivity index is 4.11. The maximum Gasteiger partial charge on any atom is 0.212 e. The number of hydrogen-bond acceptors (Lipinski definition) is 2. The van der Waals surface area contributed by atoms with Gasteiger partial charge in [0.2, 0.25) is 8.32 Å². The van der Waals surface area contributed by atoms with Gasteiger partial charge in [0.05, 0.1) is 0 Å². The molecule has 0 spiro atoms. The molecule has 0 aliphatic carbocycles. The van der Waals surface area contributed by atoms with Crippen LogP contribution in [0.2, 0.25) is 19.6 Å². The van der Waals surface area contributed by atoms with Crippen LogP contribution in [0.1, 0.15) is 39.0 Å². The summed E-state index contributed by atoms with van der Waals surface area (Å²) in [6.45, 7) is 12.7. The van der Waals surface area contributed by atoms with E-state index in [1.165, 1.54) is 25.7 Å². The Morgan fingerprint density at radius 2 is 1.94 bits per heavy atom. The smallest absolute Gasteiger partial charge is 0.212 e. The van der Waals surface area contributed by atoms with E-state index < -0.39 is 8.32 Å². The zero-order valence-electron chi connectivity index (χ0n) is 11.8. The summed E-state index contributed by atoms with van der Waals surface area (Å²) in [7, 11) is 0.600. The van der Waals surface area contributed by atoms with Gasteiger partial charge in [-0.15, -0.1) is 6.58 Å². The monoisotopic (exact) mass is 243 g/mol. The van der Waals surface area contributed by atoms with Gasteiger partial charge in [-0.3, -0.25) is 0 Å². The normalized spacial score (nSPS) is 14.1. The Bertz CT molecular complexity index is 189. The number of hydroxylamine groups is 2. The Hall–Kier alpha value is -0.123. The number of unbranched alkanes of at least 4 members (excludes halogenated alkanes) is 2. The lowest BCUT2D eigenvalue weighted by atomic mass is 10.1. The summed E-state index contributed by atoms with van der Waals surface area (Å²) in [5.41, 5.74) is 0. The second kappa shape index (κ2) is 8.04. The van der Waals surface area contributed by atoms with E-state index in [-0.39, 0.29) is 0 Å². The van der Waals surface area contributed by atoms with Crippen LogP contribution in [0.4, 0.5) is 0 Å². The van der Waals surface area contributed by atoms with Gasteiger partial charge in [0.1, 0.15) is 0 Å². The Morgan fingerprint density at radius 3 is 2.38 bits per heavy atom. The molecule has 0 aliphatic heterocycles. The number of hydrogen-bond donors (Lipinski definition) is 0. The van der Waals surface area contributed by atoms with Gasteiger partial charge in [-0.2, -0.15) is 0 Å². The molecule has 0 aromatic heterocycles. The van der Waals surface area contributed by atoms with E-state index >= 15 is 0 Å². The Morgan fingerprint density at radius 1 is 1.31 bits per heavy atom. The highest BCUT2D eigenvalue weighted by Gasteiger charge is 2.22. The molecule has 0 bridgehead atoms. The maximum atomic E-state index is 6.01. The molecule has 96 valence electrons. The summed E-state index contributed by atoms with van der Waals surface area (Å²) >= 11 is 0. The van der Waals surface area contributed by atoms with Gasteiger partial charge in [0.15, 0.2) is 0 Å². The van der Waals surface area contributed by atoms with Gasteiger partial charge in [0, 0.05) is 13.1 Å². The Labute approximate surface area is 103 Å². The fourth-order valence-electron chi connectivity index (χ4n) is 1.78. The lowest BCUT2D eigenvalue weighted by Crippen LogP contribution is -2.40.